The molecule has 2 atom stereocenters. The largest absolute Gasteiger partial charge is 0.379 e. The summed E-state index contributed by atoms with van der Waals surface area (Å²) in [5.41, 5.74) is 5.99. The zero-order valence-corrected chi connectivity index (χ0v) is 13.2. The van der Waals surface area contributed by atoms with Gasteiger partial charge in [-0.25, -0.2) is 0 Å². The van der Waals surface area contributed by atoms with Crippen molar-refractivity contribution in [2.24, 2.45) is 11.7 Å². The molecule has 0 radical (unpaired) electrons. The highest BCUT2D eigenvalue weighted by molar-refractivity contribution is 5.75. The third-order valence-electron chi connectivity index (χ3n) is 4.68. The van der Waals surface area contributed by atoms with Crippen LogP contribution < -0.4 is 11.1 Å². The van der Waals surface area contributed by atoms with Crippen LogP contribution in [0.15, 0.2) is 0 Å². The van der Waals surface area contributed by atoms with Gasteiger partial charge in [-0.2, -0.15) is 0 Å². The minimum Gasteiger partial charge on any atom is -0.379 e. The molecule has 1 heterocycles. The lowest BCUT2D eigenvalue weighted by atomic mass is 9.83. The maximum Gasteiger partial charge on any atom is 0.220 e. The van der Waals surface area contributed by atoms with Gasteiger partial charge < -0.3 is 15.8 Å². The van der Waals surface area contributed by atoms with E-state index in [1.807, 2.05) is 0 Å². The van der Waals surface area contributed by atoms with Crippen LogP contribution in [-0.4, -0.2) is 56.2 Å². The van der Waals surface area contributed by atoms with Gasteiger partial charge >= 0.3 is 0 Å². The van der Waals surface area contributed by atoms with Crippen LogP contribution in [0.3, 0.4) is 0 Å². The van der Waals surface area contributed by atoms with Crippen LogP contribution in [0.25, 0.3) is 0 Å². The van der Waals surface area contributed by atoms with Gasteiger partial charge in [0.15, 0.2) is 0 Å². The molecular formula is C16H31N3O2. The van der Waals surface area contributed by atoms with Crippen molar-refractivity contribution in [2.45, 2.75) is 51.0 Å². The van der Waals surface area contributed by atoms with E-state index in [1.165, 1.54) is 12.8 Å². The van der Waals surface area contributed by atoms with Gasteiger partial charge in [-0.15, -0.1) is 0 Å². The zero-order chi connectivity index (χ0) is 14.9. The Morgan fingerprint density at radius 1 is 1.29 bits per heavy atom. The number of hydrogen-bond acceptors (Lipinski definition) is 4. The van der Waals surface area contributed by atoms with E-state index in [2.05, 4.69) is 10.2 Å². The SMILES string of the molecule is NC1CCCC(CCC(=O)NCCCN2CCOCC2)C1. The first-order valence-electron chi connectivity index (χ1n) is 8.56. The Kier molecular flexibility index (Phi) is 7.47. The fourth-order valence-electron chi connectivity index (χ4n) is 3.37. The van der Waals surface area contributed by atoms with Gasteiger partial charge in [-0.3, -0.25) is 9.69 Å². The van der Waals surface area contributed by atoms with Crippen LogP contribution in [0.2, 0.25) is 0 Å². The number of hydrogen-bond donors (Lipinski definition) is 2. The van der Waals surface area contributed by atoms with E-state index < -0.39 is 0 Å². The molecule has 2 fully saturated rings. The van der Waals surface area contributed by atoms with Crippen molar-refractivity contribution in [3.63, 3.8) is 0 Å². The first-order chi connectivity index (χ1) is 10.2. The van der Waals surface area contributed by atoms with Crippen molar-refractivity contribution in [2.75, 3.05) is 39.4 Å². The molecule has 1 aliphatic carbocycles. The molecule has 122 valence electrons. The molecule has 2 unspecified atom stereocenters. The van der Waals surface area contributed by atoms with Crippen molar-refractivity contribution < 1.29 is 9.53 Å². The van der Waals surface area contributed by atoms with Crippen LogP contribution in [0.1, 0.15) is 44.9 Å². The molecule has 0 spiro atoms. The molecule has 2 rings (SSSR count). The predicted molar refractivity (Wildman–Crippen MR) is 84.1 cm³/mol. The molecule has 0 aromatic heterocycles. The number of rotatable bonds is 7. The highest BCUT2D eigenvalue weighted by Gasteiger charge is 2.19. The highest BCUT2D eigenvalue weighted by atomic mass is 16.5. The van der Waals surface area contributed by atoms with E-state index in [0.29, 0.717) is 18.4 Å². The molecular weight excluding hydrogens is 266 g/mol. The van der Waals surface area contributed by atoms with E-state index in [0.717, 1.165) is 65.1 Å². The molecule has 5 nitrogen and oxygen atoms in total. The predicted octanol–water partition coefficient (Wildman–Crippen LogP) is 1.12. The summed E-state index contributed by atoms with van der Waals surface area (Å²) in [7, 11) is 0. The number of amides is 1. The highest BCUT2D eigenvalue weighted by Crippen LogP contribution is 2.26. The van der Waals surface area contributed by atoms with E-state index in [1.54, 1.807) is 0 Å². The number of nitrogens with one attached hydrogen (secondary N) is 1. The van der Waals surface area contributed by atoms with Crippen molar-refractivity contribution in [3.05, 3.63) is 0 Å². The molecule has 1 saturated heterocycles. The van der Waals surface area contributed by atoms with Crippen LogP contribution in [0, 0.1) is 5.92 Å². The Labute approximate surface area is 128 Å². The van der Waals surface area contributed by atoms with Gasteiger partial charge in [-0.1, -0.05) is 12.8 Å². The van der Waals surface area contributed by atoms with E-state index in [9.17, 15) is 4.79 Å². The minimum atomic E-state index is 0.205. The fourth-order valence-corrected chi connectivity index (χ4v) is 3.37. The summed E-state index contributed by atoms with van der Waals surface area (Å²) in [5, 5.41) is 3.04. The Morgan fingerprint density at radius 2 is 2.10 bits per heavy atom. The first kappa shape index (κ1) is 16.7. The number of nitrogens with zero attached hydrogens (tertiary/aromatic N) is 1. The monoisotopic (exact) mass is 297 g/mol. The van der Waals surface area contributed by atoms with E-state index >= 15 is 0 Å². The zero-order valence-electron chi connectivity index (χ0n) is 13.2. The van der Waals surface area contributed by atoms with Crippen molar-refractivity contribution >= 4 is 5.91 Å². The van der Waals surface area contributed by atoms with Gasteiger partial charge in [0.1, 0.15) is 0 Å². The van der Waals surface area contributed by atoms with Gasteiger partial charge in [-0.05, 0) is 38.1 Å². The second-order valence-corrected chi connectivity index (χ2v) is 6.49. The average molecular weight is 297 g/mol. The van der Waals surface area contributed by atoms with Gasteiger partial charge in [0.2, 0.25) is 5.91 Å². The third-order valence-corrected chi connectivity index (χ3v) is 4.68. The number of carbonyl (C=O) groups is 1. The maximum atomic E-state index is 11.8. The standard InChI is InChI=1S/C16H31N3O2/c17-15-4-1-3-14(13-15)5-6-16(20)18-7-2-8-19-9-11-21-12-10-19/h14-15H,1-13,17H2,(H,18,20). The lowest BCUT2D eigenvalue weighted by Gasteiger charge is -2.27. The molecule has 5 heteroatoms. The fraction of sp³-hybridized carbons (Fsp3) is 0.938. The summed E-state index contributed by atoms with van der Waals surface area (Å²) in [6.07, 6.45) is 7.43. The summed E-state index contributed by atoms with van der Waals surface area (Å²) in [4.78, 5) is 14.2. The Hall–Kier alpha value is -0.650. The molecule has 0 bridgehead atoms. The average Bonchev–Trinajstić information content (AvgIpc) is 2.51. The van der Waals surface area contributed by atoms with Gasteiger partial charge in [0.25, 0.3) is 0 Å². The van der Waals surface area contributed by atoms with Gasteiger partial charge in [0.05, 0.1) is 13.2 Å². The number of carbonyl (C=O) groups excluding carboxylic acids is 1. The molecule has 1 aliphatic heterocycles. The topological polar surface area (TPSA) is 67.6 Å². The Morgan fingerprint density at radius 3 is 2.86 bits per heavy atom. The van der Waals surface area contributed by atoms with Crippen molar-refractivity contribution in [1.82, 2.24) is 10.2 Å². The van der Waals surface area contributed by atoms with Crippen LogP contribution >= 0.6 is 0 Å². The number of ether oxygens (including phenoxy) is 1. The summed E-state index contributed by atoms with van der Waals surface area (Å²) < 4.78 is 5.32. The Balaban J connectivity index is 1.47. The second-order valence-electron chi connectivity index (χ2n) is 6.49. The summed E-state index contributed by atoms with van der Waals surface area (Å²) in [6.45, 7) is 5.58. The van der Waals surface area contributed by atoms with E-state index in [4.69, 9.17) is 10.5 Å². The van der Waals surface area contributed by atoms with Crippen LogP contribution in [-0.2, 0) is 9.53 Å². The lowest BCUT2D eigenvalue weighted by molar-refractivity contribution is -0.121. The third kappa shape index (κ3) is 6.76. The minimum absolute atomic E-state index is 0.205. The molecule has 2 aliphatic rings. The maximum absolute atomic E-state index is 11.8. The van der Waals surface area contributed by atoms with Crippen molar-refractivity contribution in [1.29, 1.82) is 0 Å². The normalized spacial score (nSPS) is 27.5. The molecule has 21 heavy (non-hydrogen) atoms. The van der Waals surface area contributed by atoms with Crippen molar-refractivity contribution in [3.8, 4) is 0 Å². The summed E-state index contributed by atoms with van der Waals surface area (Å²) in [6, 6.07) is 0.361. The second kappa shape index (κ2) is 9.38. The first-order valence-corrected chi connectivity index (χ1v) is 8.56. The van der Waals surface area contributed by atoms with E-state index in [-0.39, 0.29) is 5.91 Å². The quantitative estimate of drug-likeness (QED) is 0.691. The summed E-state index contributed by atoms with van der Waals surface area (Å²) in [5.74, 6) is 0.865. The lowest BCUT2D eigenvalue weighted by Crippen LogP contribution is -2.38. The summed E-state index contributed by atoms with van der Waals surface area (Å²) >= 11 is 0. The van der Waals surface area contributed by atoms with Crippen LogP contribution in [0.4, 0.5) is 0 Å². The molecule has 0 aromatic rings. The number of morpholine rings is 1. The molecule has 0 aromatic carbocycles. The Bertz CT molecular complexity index is 306. The van der Waals surface area contributed by atoms with Gasteiger partial charge in [0, 0.05) is 32.1 Å². The molecule has 1 saturated carbocycles. The molecule has 3 N–H and O–H groups in total. The smallest absolute Gasteiger partial charge is 0.220 e. The number of nitrogens with two attached hydrogens (primary N) is 1. The molecule has 1 amide bonds. The van der Waals surface area contributed by atoms with Crippen LogP contribution in [0.5, 0.6) is 0 Å².